The summed E-state index contributed by atoms with van der Waals surface area (Å²) in [5.74, 6) is 0. The van der Waals surface area contributed by atoms with E-state index in [2.05, 4.69) is 10.1 Å². The van der Waals surface area contributed by atoms with Gasteiger partial charge in [-0.2, -0.15) is 31.4 Å². The van der Waals surface area contributed by atoms with Gasteiger partial charge in [-0.3, -0.25) is 0 Å². The summed E-state index contributed by atoms with van der Waals surface area (Å²) in [6, 6.07) is 1.20. The summed E-state index contributed by atoms with van der Waals surface area (Å²) >= 11 is 0. The fraction of sp³-hybridized carbons (Fsp3) is 0.200. The van der Waals surface area contributed by atoms with Crippen molar-refractivity contribution in [2.45, 2.75) is 12.4 Å². The molecule has 0 unspecified atom stereocenters. The summed E-state index contributed by atoms with van der Waals surface area (Å²) in [6.07, 6.45) is -7.74. The third-order valence-corrected chi connectivity index (χ3v) is 2.26. The summed E-state index contributed by atoms with van der Waals surface area (Å²) in [4.78, 5) is 3.47. The fourth-order valence-electron chi connectivity index (χ4n) is 1.41. The lowest BCUT2D eigenvalue weighted by molar-refractivity contribution is -0.143. The van der Waals surface area contributed by atoms with Crippen LogP contribution in [0.4, 0.5) is 26.3 Å². The van der Waals surface area contributed by atoms with Gasteiger partial charge in [0.05, 0.1) is 16.8 Å². The first kappa shape index (κ1) is 13.4. The zero-order valence-corrected chi connectivity index (χ0v) is 9.00. The average Bonchev–Trinajstić information content (AvgIpc) is 2.79. The molecule has 1 heterocycles. The molecule has 0 radical (unpaired) electrons. The van der Waals surface area contributed by atoms with Crippen molar-refractivity contribution in [3.63, 3.8) is 0 Å². The molecule has 0 N–H and O–H groups in total. The zero-order valence-electron chi connectivity index (χ0n) is 9.00. The smallest absolute Gasteiger partial charge is 0.223 e. The molecule has 1 aromatic heterocycles. The second-order valence-electron chi connectivity index (χ2n) is 3.60. The van der Waals surface area contributed by atoms with Gasteiger partial charge in [0.1, 0.15) is 12.7 Å². The van der Waals surface area contributed by atoms with Crippen LogP contribution in [0.1, 0.15) is 11.1 Å². The maximum atomic E-state index is 12.6. The van der Waals surface area contributed by atoms with E-state index in [1.54, 1.807) is 0 Å². The molecule has 102 valence electrons. The minimum absolute atomic E-state index is 0.0560. The van der Waals surface area contributed by atoms with E-state index in [0.29, 0.717) is 12.1 Å². The molecule has 0 bridgehead atoms. The molecule has 0 amide bonds. The monoisotopic (exact) mass is 281 g/mol. The van der Waals surface area contributed by atoms with Gasteiger partial charge in [0.2, 0.25) is 0 Å². The van der Waals surface area contributed by atoms with Crippen molar-refractivity contribution in [3.05, 3.63) is 42.0 Å². The van der Waals surface area contributed by atoms with Crippen molar-refractivity contribution >= 4 is 0 Å². The molecular formula is C10H5F6N3. The lowest BCUT2D eigenvalue weighted by atomic mass is 10.1. The standard InChI is InChI=1S/C10H5F6N3/c11-9(12,13)6-1-7(10(14,15)16)3-8(2-6)19-5-17-4-18-19/h1-5H. The fourth-order valence-corrected chi connectivity index (χ4v) is 1.41. The number of halogens is 6. The van der Waals surface area contributed by atoms with E-state index in [9.17, 15) is 26.3 Å². The molecule has 3 nitrogen and oxygen atoms in total. The molecule has 0 saturated heterocycles. The van der Waals surface area contributed by atoms with Gasteiger partial charge in [0.15, 0.2) is 0 Å². The number of nitrogens with zero attached hydrogens (tertiary/aromatic N) is 3. The van der Waals surface area contributed by atoms with Crippen LogP contribution < -0.4 is 0 Å². The van der Waals surface area contributed by atoms with Crippen LogP contribution in [0.25, 0.3) is 5.69 Å². The van der Waals surface area contributed by atoms with Gasteiger partial charge in [-0.05, 0) is 18.2 Å². The molecular weight excluding hydrogens is 276 g/mol. The first-order valence-electron chi connectivity index (χ1n) is 4.82. The maximum Gasteiger partial charge on any atom is 0.416 e. The molecule has 0 aliphatic rings. The molecule has 1 aromatic carbocycles. The van der Waals surface area contributed by atoms with Gasteiger partial charge in [0, 0.05) is 0 Å². The first-order valence-corrected chi connectivity index (χ1v) is 4.82. The van der Waals surface area contributed by atoms with Gasteiger partial charge in [-0.25, -0.2) is 9.67 Å². The van der Waals surface area contributed by atoms with Crippen molar-refractivity contribution in [1.29, 1.82) is 0 Å². The Kier molecular flexibility index (Phi) is 2.99. The molecule has 2 aromatic rings. The van der Waals surface area contributed by atoms with Crippen molar-refractivity contribution in [3.8, 4) is 5.69 Å². The largest absolute Gasteiger partial charge is 0.416 e. The van der Waals surface area contributed by atoms with E-state index < -0.39 is 23.5 Å². The molecule has 0 spiro atoms. The topological polar surface area (TPSA) is 30.7 Å². The average molecular weight is 281 g/mol. The van der Waals surface area contributed by atoms with Crippen LogP contribution in [0.15, 0.2) is 30.9 Å². The van der Waals surface area contributed by atoms with Gasteiger partial charge >= 0.3 is 12.4 Å². The SMILES string of the molecule is FC(F)(F)c1cc(-n2cncn2)cc(C(F)(F)F)c1. The highest BCUT2D eigenvalue weighted by Gasteiger charge is 2.37. The molecule has 0 aliphatic carbocycles. The molecule has 0 atom stereocenters. The van der Waals surface area contributed by atoms with Gasteiger partial charge in [0.25, 0.3) is 0 Å². The van der Waals surface area contributed by atoms with E-state index in [-0.39, 0.29) is 11.8 Å². The minimum atomic E-state index is -4.88. The van der Waals surface area contributed by atoms with Gasteiger partial charge in [-0.1, -0.05) is 0 Å². The van der Waals surface area contributed by atoms with E-state index in [1.807, 2.05) is 0 Å². The van der Waals surface area contributed by atoms with Crippen LogP contribution in [0, 0.1) is 0 Å². The third kappa shape index (κ3) is 2.85. The van der Waals surface area contributed by atoms with Gasteiger partial charge < -0.3 is 0 Å². The van der Waals surface area contributed by atoms with Crippen molar-refractivity contribution in [2.75, 3.05) is 0 Å². The number of hydrogen-bond acceptors (Lipinski definition) is 2. The van der Waals surface area contributed by atoms with Crippen molar-refractivity contribution in [2.24, 2.45) is 0 Å². The van der Waals surface area contributed by atoms with Crippen LogP contribution in [0.5, 0.6) is 0 Å². The Hall–Kier alpha value is -2.06. The summed E-state index contributed by atoms with van der Waals surface area (Å²) in [5, 5.41) is 3.50. The van der Waals surface area contributed by atoms with Crippen LogP contribution in [0.3, 0.4) is 0 Å². The number of rotatable bonds is 1. The van der Waals surface area contributed by atoms with Crippen LogP contribution in [0.2, 0.25) is 0 Å². The highest BCUT2D eigenvalue weighted by Crippen LogP contribution is 2.36. The van der Waals surface area contributed by atoms with Crippen LogP contribution in [-0.2, 0) is 12.4 Å². The highest BCUT2D eigenvalue weighted by molar-refractivity contribution is 5.41. The maximum absolute atomic E-state index is 12.6. The molecule has 2 rings (SSSR count). The molecule has 0 fully saturated rings. The van der Waals surface area contributed by atoms with Gasteiger partial charge in [-0.15, -0.1) is 0 Å². The summed E-state index contributed by atoms with van der Waals surface area (Å²) in [6.45, 7) is 0. The number of hydrogen-bond donors (Lipinski definition) is 0. The van der Waals surface area contributed by atoms with E-state index in [1.165, 1.54) is 0 Å². The Morgan fingerprint density at radius 2 is 1.37 bits per heavy atom. The summed E-state index contributed by atoms with van der Waals surface area (Å²) < 4.78 is 76.2. The van der Waals surface area contributed by atoms with E-state index in [0.717, 1.165) is 17.3 Å². The molecule has 0 aliphatic heterocycles. The van der Waals surface area contributed by atoms with Crippen molar-refractivity contribution in [1.82, 2.24) is 14.8 Å². The summed E-state index contributed by atoms with van der Waals surface area (Å²) in [7, 11) is 0. The molecule has 19 heavy (non-hydrogen) atoms. The summed E-state index contributed by atoms with van der Waals surface area (Å²) in [5.41, 5.74) is -3.15. The minimum Gasteiger partial charge on any atom is -0.223 e. The normalized spacial score (nSPS) is 12.7. The number of aromatic nitrogens is 3. The highest BCUT2D eigenvalue weighted by atomic mass is 19.4. The Morgan fingerprint density at radius 3 is 1.74 bits per heavy atom. The predicted molar refractivity (Wildman–Crippen MR) is 51.4 cm³/mol. The third-order valence-electron chi connectivity index (χ3n) is 2.26. The van der Waals surface area contributed by atoms with E-state index >= 15 is 0 Å². The Labute approximate surface area is 102 Å². The Balaban J connectivity index is 2.62. The lowest BCUT2D eigenvalue weighted by Gasteiger charge is -2.13. The number of benzene rings is 1. The zero-order chi connectivity index (χ0) is 14.3. The van der Waals surface area contributed by atoms with Crippen LogP contribution in [-0.4, -0.2) is 14.8 Å². The number of alkyl halides is 6. The van der Waals surface area contributed by atoms with Crippen molar-refractivity contribution < 1.29 is 26.3 Å². The Morgan fingerprint density at radius 1 is 0.842 bits per heavy atom. The molecule has 9 heteroatoms. The predicted octanol–water partition coefficient (Wildman–Crippen LogP) is 3.30. The lowest BCUT2D eigenvalue weighted by Crippen LogP contribution is -2.12. The first-order chi connectivity index (χ1) is 8.68. The quantitative estimate of drug-likeness (QED) is 0.751. The molecule has 0 saturated carbocycles. The van der Waals surface area contributed by atoms with E-state index in [4.69, 9.17) is 0 Å². The van der Waals surface area contributed by atoms with Crippen LogP contribution >= 0.6 is 0 Å². The second-order valence-corrected chi connectivity index (χ2v) is 3.60. The second kappa shape index (κ2) is 4.25. The Bertz CT molecular complexity index is 538.